The molecule has 0 saturated heterocycles. The zero-order valence-electron chi connectivity index (χ0n) is 27.5. The van der Waals surface area contributed by atoms with E-state index in [1.807, 2.05) is 30.5 Å². The molecule has 8 nitrogen and oxygen atoms in total. The zero-order valence-corrected chi connectivity index (χ0v) is 27.5. The quantitative estimate of drug-likeness (QED) is 0.0725. The van der Waals surface area contributed by atoms with Gasteiger partial charge in [-0.3, -0.25) is 0 Å². The molecule has 2 amide bonds. The number of fused-ring (bicyclic) bond motifs is 2. The Morgan fingerprint density at radius 1 is 0.761 bits per heavy atom. The van der Waals surface area contributed by atoms with Crippen molar-refractivity contribution in [1.82, 2.24) is 9.97 Å². The minimum Gasteiger partial charge on any atom is -0.399 e. The van der Waals surface area contributed by atoms with E-state index in [0.717, 1.165) is 54.9 Å². The standard InChI is InChI=1S/C19H25N3O.C10H15N.C9H10N2O/c1-2-3-6-14-9-11-15(12-10-14)21-19(23)22-18-13-20-17-8-5-4-7-16(17)18;1-2-3-4-9-5-7-10(11)8-6-9;12-6-11-9-5-10-8-4-2-1-3-7(8)9/h9-13,20H,2-8H2,1H3,(H2,21,22,23);5-8H,2-4,11H2,1H3;5,10H,1-4H2. The van der Waals surface area contributed by atoms with Gasteiger partial charge in [0.2, 0.25) is 6.08 Å². The van der Waals surface area contributed by atoms with E-state index in [2.05, 4.69) is 63.7 Å². The predicted octanol–water partition coefficient (Wildman–Crippen LogP) is 9.35. The first-order chi connectivity index (χ1) is 22.5. The summed E-state index contributed by atoms with van der Waals surface area (Å²) >= 11 is 0. The molecule has 244 valence electrons. The minimum atomic E-state index is -0.182. The molecule has 2 heterocycles. The van der Waals surface area contributed by atoms with Gasteiger partial charge in [-0.15, -0.1) is 0 Å². The number of hydrogen-bond acceptors (Lipinski definition) is 4. The molecule has 0 saturated carbocycles. The lowest BCUT2D eigenvalue weighted by Gasteiger charge is -2.13. The molecule has 0 atom stereocenters. The van der Waals surface area contributed by atoms with E-state index in [-0.39, 0.29) is 6.03 Å². The number of urea groups is 1. The van der Waals surface area contributed by atoms with Crippen LogP contribution in [0.25, 0.3) is 0 Å². The van der Waals surface area contributed by atoms with Gasteiger partial charge < -0.3 is 26.3 Å². The Hall–Kier alpha value is -4.55. The van der Waals surface area contributed by atoms with Crippen molar-refractivity contribution in [3.8, 4) is 0 Å². The normalized spacial score (nSPS) is 13.0. The van der Waals surface area contributed by atoms with Crippen molar-refractivity contribution >= 4 is 34.9 Å². The van der Waals surface area contributed by atoms with Gasteiger partial charge in [-0.05, 0) is 124 Å². The maximum absolute atomic E-state index is 12.2. The molecule has 0 aliphatic heterocycles. The van der Waals surface area contributed by atoms with Crippen LogP contribution in [0.1, 0.15) is 98.9 Å². The van der Waals surface area contributed by atoms with E-state index in [0.29, 0.717) is 0 Å². The van der Waals surface area contributed by atoms with Gasteiger partial charge in [0.25, 0.3) is 0 Å². The molecule has 2 aliphatic carbocycles. The highest BCUT2D eigenvalue weighted by Gasteiger charge is 2.17. The third-order valence-corrected chi connectivity index (χ3v) is 8.59. The van der Waals surface area contributed by atoms with Crippen molar-refractivity contribution in [2.75, 3.05) is 16.4 Å². The van der Waals surface area contributed by atoms with Crippen LogP contribution < -0.4 is 16.4 Å². The topological polar surface area (TPSA) is 128 Å². The molecule has 8 heteroatoms. The highest BCUT2D eigenvalue weighted by Crippen LogP contribution is 2.29. The average Bonchev–Trinajstić information content (AvgIpc) is 3.69. The minimum absolute atomic E-state index is 0.182. The molecular weight excluding hydrogens is 572 g/mol. The Bertz CT molecular complexity index is 1550. The number of aromatic nitrogens is 2. The second-order valence-electron chi connectivity index (χ2n) is 12.1. The van der Waals surface area contributed by atoms with E-state index >= 15 is 0 Å². The second-order valence-corrected chi connectivity index (χ2v) is 12.1. The first-order valence-corrected chi connectivity index (χ1v) is 17.0. The monoisotopic (exact) mass is 622 g/mol. The molecule has 0 unspecified atom stereocenters. The second kappa shape index (κ2) is 18.4. The largest absolute Gasteiger partial charge is 0.399 e. The van der Waals surface area contributed by atoms with E-state index < -0.39 is 0 Å². The number of aryl methyl sites for hydroxylation is 4. The van der Waals surface area contributed by atoms with Crippen LogP contribution >= 0.6 is 0 Å². The number of aromatic amines is 2. The maximum atomic E-state index is 12.2. The molecule has 2 aliphatic rings. The molecule has 0 radical (unpaired) electrons. The number of anilines is 3. The van der Waals surface area contributed by atoms with Crippen molar-refractivity contribution < 1.29 is 9.59 Å². The Kier molecular flexibility index (Phi) is 13.8. The summed E-state index contributed by atoms with van der Waals surface area (Å²) in [5, 5.41) is 5.87. The van der Waals surface area contributed by atoms with Crippen LogP contribution in [-0.2, 0) is 43.3 Å². The average molecular weight is 623 g/mol. The van der Waals surface area contributed by atoms with Crippen LogP contribution in [-0.4, -0.2) is 22.1 Å². The number of amides is 2. The number of aliphatic imine (C=N–C) groups is 1. The smallest absolute Gasteiger partial charge is 0.323 e. The van der Waals surface area contributed by atoms with Crippen LogP contribution in [0.3, 0.4) is 0 Å². The number of nitrogens with zero attached hydrogens (tertiary/aromatic N) is 1. The van der Waals surface area contributed by atoms with E-state index in [1.165, 1.54) is 91.4 Å². The first-order valence-electron chi connectivity index (χ1n) is 17.0. The van der Waals surface area contributed by atoms with Crippen molar-refractivity contribution in [2.24, 2.45) is 4.99 Å². The first kappa shape index (κ1) is 34.3. The van der Waals surface area contributed by atoms with Gasteiger partial charge in [0.05, 0.1) is 11.4 Å². The van der Waals surface area contributed by atoms with Crippen molar-refractivity contribution in [2.45, 2.75) is 104 Å². The summed E-state index contributed by atoms with van der Waals surface area (Å²) in [5.74, 6) is 0. The highest BCUT2D eigenvalue weighted by atomic mass is 16.2. The van der Waals surface area contributed by atoms with Crippen LogP contribution in [0, 0.1) is 0 Å². The van der Waals surface area contributed by atoms with Crippen LogP contribution in [0.5, 0.6) is 0 Å². The number of nitrogen functional groups attached to an aromatic ring is 1. The molecular formula is C38H50N6O2. The molecule has 2 aromatic carbocycles. The number of unbranched alkanes of at least 4 members (excludes halogenated alkanes) is 2. The number of hydrogen-bond donors (Lipinski definition) is 5. The van der Waals surface area contributed by atoms with E-state index in [4.69, 9.17) is 5.73 Å². The fourth-order valence-corrected chi connectivity index (χ4v) is 5.94. The molecule has 4 aromatic rings. The third kappa shape index (κ3) is 10.5. The van der Waals surface area contributed by atoms with Gasteiger partial charge in [-0.2, -0.15) is 4.99 Å². The molecule has 0 spiro atoms. The molecule has 6 rings (SSSR count). The molecule has 0 fully saturated rings. The summed E-state index contributed by atoms with van der Waals surface area (Å²) in [6, 6.07) is 16.1. The lowest BCUT2D eigenvalue weighted by molar-refractivity contribution is 0.262. The number of isocyanates is 1. The summed E-state index contributed by atoms with van der Waals surface area (Å²) in [7, 11) is 0. The fourth-order valence-electron chi connectivity index (χ4n) is 5.94. The van der Waals surface area contributed by atoms with Crippen LogP contribution in [0.15, 0.2) is 65.9 Å². The van der Waals surface area contributed by atoms with Gasteiger partial charge in [0.15, 0.2) is 0 Å². The number of nitrogens with two attached hydrogens (primary N) is 1. The van der Waals surface area contributed by atoms with Gasteiger partial charge in [-0.25, -0.2) is 9.59 Å². The lowest BCUT2D eigenvalue weighted by Crippen LogP contribution is -2.20. The summed E-state index contributed by atoms with van der Waals surface area (Å²) in [5.41, 5.74) is 16.6. The number of nitrogens with one attached hydrogen (secondary N) is 4. The number of H-pyrrole nitrogens is 2. The summed E-state index contributed by atoms with van der Waals surface area (Å²) in [6.07, 6.45) is 21.6. The molecule has 6 N–H and O–H groups in total. The Morgan fingerprint density at radius 2 is 1.30 bits per heavy atom. The number of benzene rings is 2. The SMILES string of the molecule is CCCCc1ccc(N)cc1.CCCCc1ccc(NC(=O)Nc2c[nH]c3c2CCCC3)cc1.O=C=Nc1c[nH]c2c1CCCC2. The lowest BCUT2D eigenvalue weighted by atomic mass is 9.97. The summed E-state index contributed by atoms with van der Waals surface area (Å²) < 4.78 is 0. The van der Waals surface area contributed by atoms with Crippen LogP contribution in [0.4, 0.5) is 27.5 Å². The van der Waals surface area contributed by atoms with Gasteiger partial charge in [-0.1, -0.05) is 51.0 Å². The van der Waals surface area contributed by atoms with Crippen molar-refractivity contribution in [3.05, 3.63) is 94.6 Å². The van der Waals surface area contributed by atoms with E-state index in [1.54, 1.807) is 12.3 Å². The van der Waals surface area contributed by atoms with Crippen molar-refractivity contribution in [3.63, 3.8) is 0 Å². The fraction of sp³-hybridized carbons (Fsp3) is 0.421. The van der Waals surface area contributed by atoms with Crippen molar-refractivity contribution in [1.29, 1.82) is 0 Å². The van der Waals surface area contributed by atoms with Gasteiger partial charge >= 0.3 is 6.03 Å². The molecule has 0 bridgehead atoms. The summed E-state index contributed by atoms with van der Waals surface area (Å²) in [6.45, 7) is 4.40. The Balaban J connectivity index is 0.000000175. The van der Waals surface area contributed by atoms with E-state index in [9.17, 15) is 9.59 Å². The number of rotatable bonds is 9. The third-order valence-electron chi connectivity index (χ3n) is 8.59. The van der Waals surface area contributed by atoms with Gasteiger partial charge in [0, 0.05) is 35.2 Å². The zero-order chi connectivity index (χ0) is 32.6. The van der Waals surface area contributed by atoms with Crippen LogP contribution in [0.2, 0.25) is 0 Å². The molecule has 2 aromatic heterocycles. The van der Waals surface area contributed by atoms with Gasteiger partial charge in [0.1, 0.15) is 0 Å². The highest BCUT2D eigenvalue weighted by molar-refractivity contribution is 6.00. The Morgan fingerprint density at radius 3 is 1.91 bits per heavy atom. The number of carbonyl (C=O) groups is 1. The summed E-state index contributed by atoms with van der Waals surface area (Å²) in [4.78, 5) is 32.3. The number of carbonyl (C=O) groups excluding carboxylic acids is 2. The molecule has 46 heavy (non-hydrogen) atoms. The maximum Gasteiger partial charge on any atom is 0.323 e. The predicted molar refractivity (Wildman–Crippen MR) is 190 cm³/mol. The Labute approximate surface area is 273 Å².